The van der Waals surface area contributed by atoms with Crippen LogP contribution in [0.4, 0.5) is 0 Å². The number of rotatable bonds is 15. The maximum atomic E-state index is 14.0. The fourth-order valence-electron chi connectivity index (χ4n) is 10.4. The molecule has 17 heteroatoms. The summed E-state index contributed by atoms with van der Waals surface area (Å²) in [6.07, 6.45) is 2.31. The quantitative estimate of drug-likeness (QED) is 0.140. The summed E-state index contributed by atoms with van der Waals surface area (Å²) in [5, 5.41) is 17.7. The van der Waals surface area contributed by atoms with Crippen molar-refractivity contribution < 1.29 is 48.4 Å². The number of unbranched alkanes of at least 4 members (excludes halogenated alkanes) is 1. The number of hydrogen-bond acceptors (Lipinski definition) is 12. The van der Waals surface area contributed by atoms with E-state index < -0.39 is 59.0 Å². The van der Waals surface area contributed by atoms with Crippen LogP contribution in [-0.4, -0.2) is 97.7 Å². The molecule has 1 spiro atoms. The van der Waals surface area contributed by atoms with Crippen molar-refractivity contribution in [3.8, 4) is 10.4 Å². The number of β-amino-alcohol motifs (C(OH)–C–C–N with tert-alkyl or cyclic N) is 1. The first-order chi connectivity index (χ1) is 29.8. The van der Waals surface area contributed by atoms with E-state index in [1.54, 1.807) is 23.8 Å². The van der Waals surface area contributed by atoms with Gasteiger partial charge in [-0.1, -0.05) is 58.9 Å². The van der Waals surface area contributed by atoms with Gasteiger partial charge in [0.05, 0.1) is 22.2 Å². The van der Waals surface area contributed by atoms with Gasteiger partial charge in [0.15, 0.2) is 11.8 Å². The van der Waals surface area contributed by atoms with Crippen LogP contribution in [0.5, 0.6) is 0 Å². The number of carbonyl (C=O) groups excluding carboxylic acids is 6. The topological polar surface area (TPSA) is 206 Å². The van der Waals surface area contributed by atoms with E-state index in [0.717, 1.165) is 41.0 Å². The number of nitrogens with zero attached hydrogens (tertiary/aromatic N) is 3. The molecule has 1 aliphatic carbocycles. The minimum absolute atomic E-state index is 0.0337. The van der Waals surface area contributed by atoms with Crippen LogP contribution in [0.1, 0.15) is 123 Å². The maximum Gasteiger partial charge on any atom is 0.246 e. The van der Waals surface area contributed by atoms with Crippen LogP contribution in [0, 0.1) is 36.0 Å². The van der Waals surface area contributed by atoms with Crippen LogP contribution in [-0.2, 0) is 49.8 Å². The number of aryl methyl sites for hydroxylation is 1. The minimum atomic E-state index is -1.06. The Morgan fingerprint density at radius 1 is 0.968 bits per heavy atom. The number of Topliss-reactive ketones (excluding diaryl/α,β-unsaturated/α-hetero) is 1. The zero-order valence-electron chi connectivity index (χ0n) is 37.6. The first kappa shape index (κ1) is 46.7. The van der Waals surface area contributed by atoms with Crippen molar-refractivity contribution in [2.45, 2.75) is 161 Å². The minimum Gasteiger partial charge on any atom is -0.391 e. The highest BCUT2D eigenvalue weighted by Crippen LogP contribution is 2.60. The SMILES string of the molecule is Cc1ncsc1-c1ccc(CNC(=O)C2CC(O)CN2C(=O)C(NC(=O)CCCCC(=O)CCC(=O)NN2C(=O)C(C)C3CCC(C)C4CCC5(C)OOC43C2O5)C(C)(C)C)cc1. The average Bonchev–Trinajstić information content (AvgIpc) is 3.78. The number of hydrogen-bond donors (Lipinski definition) is 4. The number of ether oxygens (including phenoxy) is 1. The summed E-state index contributed by atoms with van der Waals surface area (Å²) < 4.78 is 6.45. The van der Waals surface area contributed by atoms with Crippen LogP contribution in [0.3, 0.4) is 0 Å². The number of amides is 5. The Labute approximate surface area is 373 Å². The van der Waals surface area contributed by atoms with Gasteiger partial charge in [0.1, 0.15) is 17.9 Å². The number of benzene rings is 1. The van der Waals surface area contributed by atoms with Gasteiger partial charge in [-0.05, 0) is 74.3 Å². The lowest BCUT2D eigenvalue weighted by Crippen LogP contribution is -2.77. The summed E-state index contributed by atoms with van der Waals surface area (Å²) in [7, 11) is 0. The number of aromatic nitrogens is 1. The highest BCUT2D eigenvalue weighted by atomic mass is 32.1. The normalized spacial score (nSPS) is 30.6. The zero-order valence-corrected chi connectivity index (χ0v) is 38.4. The molecule has 2 aromatic rings. The van der Waals surface area contributed by atoms with Crippen molar-refractivity contribution >= 4 is 46.7 Å². The van der Waals surface area contributed by atoms with Gasteiger partial charge in [-0.25, -0.2) is 19.8 Å². The molecule has 1 saturated carbocycles. The molecular weight excluding hydrogens is 829 g/mol. The molecule has 6 heterocycles. The number of thiazole rings is 1. The lowest BCUT2D eigenvalue weighted by atomic mass is 9.57. The summed E-state index contributed by atoms with van der Waals surface area (Å²) in [6, 6.07) is 5.95. The molecule has 1 aromatic heterocycles. The largest absolute Gasteiger partial charge is 0.391 e. The third-order valence-electron chi connectivity index (χ3n) is 14.0. The first-order valence-electron chi connectivity index (χ1n) is 22.5. The van der Waals surface area contributed by atoms with E-state index in [-0.39, 0.29) is 80.5 Å². The molecule has 344 valence electrons. The molecule has 0 radical (unpaired) electrons. The van der Waals surface area contributed by atoms with Crippen LogP contribution >= 0.6 is 11.3 Å². The molecule has 4 N–H and O–H groups in total. The van der Waals surface area contributed by atoms with E-state index in [1.165, 1.54) is 9.91 Å². The van der Waals surface area contributed by atoms with Crippen LogP contribution in [0.2, 0.25) is 0 Å². The number of hydrazine groups is 1. The predicted octanol–water partition coefficient (Wildman–Crippen LogP) is 4.86. The molecule has 63 heavy (non-hydrogen) atoms. The number of aliphatic hydroxyl groups is 1. The van der Waals surface area contributed by atoms with E-state index in [1.807, 2.05) is 58.9 Å². The Morgan fingerprint density at radius 3 is 2.40 bits per heavy atom. The van der Waals surface area contributed by atoms with Gasteiger partial charge in [0.2, 0.25) is 35.3 Å². The molecule has 5 aliphatic heterocycles. The van der Waals surface area contributed by atoms with Crippen LogP contribution in [0.15, 0.2) is 29.8 Å². The third-order valence-corrected chi connectivity index (χ3v) is 14.9. The van der Waals surface area contributed by atoms with Crippen molar-refractivity contribution in [3.63, 3.8) is 0 Å². The lowest BCUT2D eigenvalue weighted by Gasteiger charge is -2.61. The summed E-state index contributed by atoms with van der Waals surface area (Å²) in [6.45, 7) is 13.5. The summed E-state index contributed by atoms with van der Waals surface area (Å²) in [5.41, 5.74) is 5.81. The average molecular weight is 893 g/mol. The van der Waals surface area contributed by atoms with Gasteiger partial charge < -0.3 is 25.4 Å². The Bertz CT molecular complexity index is 2060. The Hall–Kier alpha value is -4.29. The third kappa shape index (κ3) is 9.73. The first-order valence-corrected chi connectivity index (χ1v) is 23.4. The zero-order chi connectivity index (χ0) is 45.4. The number of aliphatic hydroxyl groups excluding tert-OH is 1. The van der Waals surface area contributed by atoms with Gasteiger partial charge in [-0.3, -0.25) is 34.2 Å². The Kier molecular flexibility index (Phi) is 13.8. The Balaban J connectivity index is 0.860. The van der Waals surface area contributed by atoms with Crippen LogP contribution < -0.4 is 16.1 Å². The summed E-state index contributed by atoms with van der Waals surface area (Å²) in [4.78, 5) is 99.5. The second kappa shape index (κ2) is 18.7. The molecule has 10 unspecified atom stereocenters. The monoisotopic (exact) mass is 892 g/mol. The second-order valence-electron chi connectivity index (χ2n) is 19.7. The number of ketones is 1. The highest BCUT2D eigenvalue weighted by Gasteiger charge is 2.71. The van der Waals surface area contributed by atoms with Crippen molar-refractivity contribution in [1.82, 2.24) is 31.0 Å². The molecule has 6 aliphatic rings. The van der Waals surface area contributed by atoms with Crippen molar-refractivity contribution in [2.24, 2.45) is 29.1 Å². The molecule has 16 nitrogen and oxygen atoms in total. The predicted molar refractivity (Wildman–Crippen MR) is 231 cm³/mol. The summed E-state index contributed by atoms with van der Waals surface area (Å²) >= 11 is 1.56. The van der Waals surface area contributed by atoms with Crippen molar-refractivity contribution in [2.75, 3.05) is 6.54 Å². The van der Waals surface area contributed by atoms with Crippen molar-refractivity contribution in [3.05, 3.63) is 41.0 Å². The number of carbonyl (C=O) groups is 6. The standard InChI is InChI=1S/C46H64N6O10S/c1-26-12-18-34-27(2)41(58)52(43-46(34)33(26)20-21-45(7,60-43)61-62-46)50-37(56)19-17-31(53)10-8-9-11-36(55)49-39(44(4,5)6)42(59)51-24-32(54)22-35(51)40(57)47-23-29-13-15-30(16-14-29)38-28(3)48-25-63-38/h13-16,25-27,32-35,39,43,54H,8-12,17-24H2,1-7H3,(H,47,57)(H,49,55)(H,50,56). The lowest BCUT2D eigenvalue weighted by molar-refractivity contribution is -0.549. The summed E-state index contributed by atoms with van der Waals surface area (Å²) in [5.74, 6) is -3.32. The number of nitrogens with one attached hydrogen (secondary N) is 3. The van der Waals surface area contributed by atoms with Gasteiger partial charge in [-0.2, -0.15) is 0 Å². The second-order valence-corrected chi connectivity index (χ2v) is 20.5. The highest BCUT2D eigenvalue weighted by molar-refractivity contribution is 7.13. The van der Waals surface area contributed by atoms with E-state index in [2.05, 4.69) is 28.0 Å². The van der Waals surface area contributed by atoms with Crippen LogP contribution in [0.25, 0.3) is 10.4 Å². The Morgan fingerprint density at radius 2 is 1.70 bits per heavy atom. The number of likely N-dealkylation sites (tertiary alicyclic amines) is 1. The molecule has 6 fully saturated rings. The van der Waals surface area contributed by atoms with Gasteiger partial charge in [0, 0.05) is 63.5 Å². The smallest absolute Gasteiger partial charge is 0.246 e. The molecule has 5 saturated heterocycles. The number of piperidine rings is 1. The van der Waals surface area contributed by atoms with Gasteiger partial charge in [-0.15, -0.1) is 11.3 Å². The van der Waals surface area contributed by atoms with E-state index in [9.17, 15) is 33.9 Å². The molecule has 5 amide bonds. The number of fused-ring (bicyclic) bond motifs is 2. The van der Waals surface area contributed by atoms with Gasteiger partial charge in [0.25, 0.3) is 0 Å². The van der Waals surface area contributed by atoms with Gasteiger partial charge >= 0.3 is 0 Å². The fourth-order valence-corrected chi connectivity index (χ4v) is 11.2. The van der Waals surface area contributed by atoms with E-state index in [0.29, 0.717) is 25.2 Å². The maximum absolute atomic E-state index is 14.0. The molecule has 8 rings (SSSR count). The molecule has 1 aromatic carbocycles. The van der Waals surface area contributed by atoms with Crippen molar-refractivity contribution in [1.29, 1.82) is 0 Å². The van der Waals surface area contributed by atoms with E-state index in [4.69, 9.17) is 14.5 Å². The van der Waals surface area contributed by atoms with E-state index >= 15 is 0 Å². The molecule has 10 atom stereocenters. The fraction of sp³-hybridized carbons (Fsp3) is 0.674. The molecule has 2 bridgehead atoms. The molecular formula is C46H64N6O10S.